The van der Waals surface area contributed by atoms with Gasteiger partial charge in [0.1, 0.15) is 17.1 Å². The topological polar surface area (TPSA) is 68.6 Å². The van der Waals surface area contributed by atoms with E-state index in [0.717, 1.165) is 37.2 Å². The first-order valence-corrected chi connectivity index (χ1v) is 12.6. The highest BCUT2D eigenvalue weighted by Crippen LogP contribution is 2.49. The summed E-state index contributed by atoms with van der Waals surface area (Å²) in [4.78, 5) is 13.6. The van der Waals surface area contributed by atoms with Crippen LogP contribution in [0.5, 0.6) is 11.5 Å². The normalized spacial score (nSPS) is 17.1. The fraction of sp³-hybridized carbons (Fsp3) is 0.385. The fourth-order valence-electron chi connectivity index (χ4n) is 4.84. The van der Waals surface area contributed by atoms with Crippen LogP contribution in [-0.2, 0) is 5.60 Å². The van der Waals surface area contributed by atoms with Gasteiger partial charge < -0.3 is 9.47 Å². The maximum absolute atomic E-state index is 13.6. The molecule has 7 nitrogen and oxygen atoms in total. The van der Waals surface area contributed by atoms with Gasteiger partial charge in [-0.25, -0.2) is 9.69 Å². The van der Waals surface area contributed by atoms with E-state index in [1.54, 1.807) is 30.0 Å². The van der Waals surface area contributed by atoms with E-state index in [1.165, 1.54) is 12.8 Å². The number of hydrogen-bond acceptors (Lipinski definition) is 5. The minimum Gasteiger partial charge on any atom is -0.497 e. The number of hydrogen-bond donors (Lipinski definition) is 1. The molecule has 1 N–H and O–H groups in total. The summed E-state index contributed by atoms with van der Waals surface area (Å²) in [5, 5.41) is 7.76. The van der Waals surface area contributed by atoms with Crippen LogP contribution in [0.4, 0.5) is 0 Å². The summed E-state index contributed by atoms with van der Waals surface area (Å²) in [6.45, 7) is 5.51. The maximum Gasteiger partial charge on any atom is 0.286 e. The van der Waals surface area contributed by atoms with E-state index in [4.69, 9.17) is 37.8 Å². The van der Waals surface area contributed by atoms with E-state index in [9.17, 15) is 4.79 Å². The molecule has 3 aromatic rings. The average Bonchev–Trinajstić information content (AvgIpc) is 3.04. The first kappa shape index (κ1) is 24.0. The van der Waals surface area contributed by atoms with Gasteiger partial charge in [-0.15, -0.1) is 0 Å². The zero-order valence-electron chi connectivity index (χ0n) is 20.0. The van der Waals surface area contributed by atoms with Crippen LogP contribution in [0.2, 0.25) is 10.0 Å². The summed E-state index contributed by atoms with van der Waals surface area (Å²) in [6, 6.07) is 10.9. The Morgan fingerprint density at radius 3 is 2.51 bits per heavy atom. The molecule has 1 saturated heterocycles. The summed E-state index contributed by atoms with van der Waals surface area (Å²) in [5.41, 5.74) is 5.43. The number of carbonyl (C=O) groups excluding carboxylic acids is 1. The molecule has 35 heavy (non-hydrogen) atoms. The van der Waals surface area contributed by atoms with Crippen molar-refractivity contribution in [1.82, 2.24) is 20.2 Å². The molecule has 9 heteroatoms. The Kier molecular flexibility index (Phi) is 6.42. The van der Waals surface area contributed by atoms with Gasteiger partial charge in [0, 0.05) is 29.7 Å². The average molecular weight is 515 g/mol. The molecule has 3 heterocycles. The van der Waals surface area contributed by atoms with Gasteiger partial charge in [0.2, 0.25) is 0 Å². The molecule has 0 spiro atoms. The zero-order chi connectivity index (χ0) is 24.7. The summed E-state index contributed by atoms with van der Waals surface area (Å²) in [6.07, 6.45) is 4.45. The van der Waals surface area contributed by atoms with Gasteiger partial charge in [-0.3, -0.25) is 10.2 Å². The minimum atomic E-state index is -0.836. The molecule has 0 radical (unpaired) electrons. The standard InChI is InChI=1S/C26H28Cl2N4O3/c1-26(2)22-23(25(33)30-31-12-6-4-5-7-13-31)29-32(20-11-8-16(27)14-19(20)28)24(22)18-10-9-17(34-3)15-21(18)35-26/h8-11,14-15H,4-7,12-13H2,1-3H3,(H,30,33). The lowest BCUT2D eigenvalue weighted by molar-refractivity contribution is 0.0760. The maximum atomic E-state index is 13.6. The first-order valence-electron chi connectivity index (χ1n) is 11.8. The van der Waals surface area contributed by atoms with Gasteiger partial charge in [0.25, 0.3) is 5.91 Å². The summed E-state index contributed by atoms with van der Waals surface area (Å²) >= 11 is 12.8. The molecule has 2 aliphatic rings. The molecule has 0 unspecified atom stereocenters. The second kappa shape index (κ2) is 9.37. The Hall–Kier alpha value is -2.74. The number of benzene rings is 2. The number of rotatable bonds is 4. The number of halogens is 2. The van der Waals surface area contributed by atoms with Crippen molar-refractivity contribution < 1.29 is 14.3 Å². The number of aromatic nitrogens is 2. The van der Waals surface area contributed by atoms with Gasteiger partial charge in [-0.2, -0.15) is 5.10 Å². The molecule has 184 valence electrons. The molecular formula is C26H28Cl2N4O3. The number of hydrazine groups is 1. The van der Waals surface area contributed by atoms with Crippen LogP contribution in [0.3, 0.4) is 0 Å². The highest BCUT2D eigenvalue weighted by atomic mass is 35.5. The Bertz CT molecular complexity index is 1280. The third-order valence-electron chi connectivity index (χ3n) is 6.52. The largest absolute Gasteiger partial charge is 0.497 e. The highest BCUT2D eigenvalue weighted by molar-refractivity contribution is 6.35. The van der Waals surface area contributed by atoms with E-state index in [1.807, 2.05) is 37.1 Å². The number of carbonyl (C=O) groups is 1. The lowest BCUT2D eigenvalue weighted by Crippen LogP contribution is -2.44. The van der Waals surface area contributed by atoms with Crippen molar-refractivity contribution in [2.24, 2.45) is 0 Å². The molecule has 0 aliphatic carbocycles. The first-order chi connectivity index (χ1) is 16.8. The lowest BCUT2D eigenvalue weighted by Gasteiger charge is -2.34. The van der Waals surface area contributed by atoms with Crippen LogP contribution >= 0.6 is 23.2 Å². The molecule has 5 rings (SSSR count). The number of nitrogens with zero attached hydrogens (tertiary/aromatic N) is 3. The van der Waals surface area contributed by atoms with Gasteiger partial charge in [0.15, 0.2) is 5.69 Å². The molecule has 1 aromatic heterocycles. The number of nitrogens with one attached hydrogen (secondary N) is 1. The van der Waals surface area contributed by atoms with Crippen LogP contribution in [0.1, 0.15) is 55.6 Å². The van der Waals surface area contributed by atoms with Gasteiger partial charge in [-0.1, -0.05) is 36.0 Å². The molecule has 0 atom stereocenters. The Morgan fingerprint density at radius 1 is 1.09 bits per heavy atom. The lowest BCUT2D eigenvalue weighted by atomic mass is 9.88. The van der Waals surface area contributed by atoms with E-state index >= 15 is 0 Å². The molecule has 0 saturated carbocycles. The quantitative estimate of drug-likeness (QED) is 0.462. The van der Waals surface area contributed by atoms with Gasteiger partial charge in [-0.05, 0) is 57.0 Å². The summed E-state index contributed by atoms with van der Waals surface area (Å²) < 4.78 is 13.5. The molecular weight excluding hydrogens is 487 g/mol. The van der Waals surface area contributed by atoms with E-state index in [-0.39, 0.29) is 5.91 Å². The van der Waals surface area contributed by atoms with Crippen LogP contribution in [-0.4, -0.2) is 40.9 Å². The SMILES string of the molecule is COc1ccc2c(c1)OC(C)(C)c1c(C(=O)NN3CCCCCC3)nn(-c3ccc(Cl)cc3Cl)c1-2. The third kappa shape index (κ3) is 4.48. The van der Waals surface area contributed by atoms with Crippen molar-refractivity contribution in [3.8, 4) is 28.4 Å². The van der Waals surface area contributed by atoms with Gasteiger partial charge in [0.05, 0.1) is 29.1 Å². The van der Waals surface area contributed by atoms with Crippen molar-refractivity contribution >= 4 is 29.1 Å². The molecule has 1 fully saturated rings. The van der Waals surface area contributed by atoms with Crippen molar-refractivity contribution in [3.63, 3.8) is 0 Å². The van der Waals surface area contributed by atoms with Gasteiger partial charge >= 0.3 is 0 Å². The van der Waals surface area contributed by atoms with Crippen molar-refractivity contribution in [2.45, 2.75) is 45.1 Å². The van der Waals surface area contributed by atoms with Crippen LogP contribution in [0.15, 0.2) is 36.4 Å². The fourth-order valence-corrected chi connectivity index (χ4v) is 5.33. The van der Waals surface area contributed by atoms with E-state index in [2.05, 4.69) is 5.43 Å². The smallest absolute Gasteiger partial charge is 0.286 e. The summed E-state index contributed by atoms with van der Waals surface area (Å²) in [5.74, 6) is 1.06. The summed E-state index contributed by atoms with van der Waals surface area (Å²) in [7, 11) is 1.62. The highest BCUT2D eigenvalue weighted by Gasteiger charge is 2.42. The Balaban J connectivity index is 1.69. The van der Waals surface area contributed by atoms with Crippen molar-refractivity contribution in [1.29, 1.82) is 0 Å². The predicted molar refractivity (Wildman–Crippen MR) is 137 cm³/mol. The molecule has 0 bridgehead atoms. The third-order valence-corrected chi connectivity index (χ3v) is 7.05. The van der Waals surface area contributed by atoms with Crippen LogP contribution in [0, 0.1) is 0 Å². The Morgan fingerprint density at radius 2 is 1.83 bits per heavy atom. The number of amides is 1. The van der Waals surface area contributed by atoms with Crippen molar-refractivity contribution in [3.05, 3.63) is 57.7 Å². The molecule has 1 amide bonds. The van der Waals surface area contributed by atoms with Crippen LogP contribution in [0.25, 0.3) is 16.9 Å². The van der Waals surface area contributed by atoms with E-state index < -0.39 is 5.60 Å². The second-order valence-electron chi connectivity index (χ2n) is 9.40. The number of fused-ring (bicyclic) bond motifs is 3. The number of ether oxygens (including phenoxy) is 2. The Labute approximate surface area is 214 Å². The monoisotopic (exact) mass is 514 g/mol. The van der Waals surface area contributed by atoms with Crippen molar-refractivity contribution in [2.75, 3.05) is 20.2 Å². The zero-order valence-corrected chi connectivity index (χ0v) is 21.5. The van der Waals surface area contributed by atoms with E-state index in [0.29, 0.717) is 38.5 Å². The van der Waals surface area contributed by atoms with Crippen LogP contribution < -0.4 is 14.9 Å². The second-order valence-corrected chi connectivity index (χ2v) is 10.2. The predicted octanol–water partition coefficient (Wildman–Crippen LogP) is 6.00. The minimum absolute atomic E-state index is 0.263. The number of methoxy groups -OCH3 is 1. The molecule has 2 aliphatic heterocycles. The molecule has 2 aromatic carbocycles.